The van der Waals surface area contributed by atoms with Crippen molar-refractivity contribution in [3.05, 3.63) is 141 Å². The summed E-state index contributed by atoms with van der Waals surface area (Å²) in [5.41, 5.74) is 7.45. The van der Waals surface area contributed by atoms with E-state index in [1.807, 2.05) is 82.3 Å². The van der Waals surface area contributed by atoms with Crippen molar-refractivity contribution in [2.75, 3.05) is 6.61 Å². The van der Waals surface area contributed by atoms with Crippen molar-refractivity contribution in [3.63, 3.8) is 0 Å². The fourth-order valence-corrected chi connectivity index (χ4v) is 5.98. The number of nitrogens with zero attached hydrogens (tertiary/aromatic N) is 4. The molecule has 0 radical (unpaired) electrons. The number of hydrogen-bond donors (Lipinski definition) is 0. The highest BCUT2D eigenvalue weighted by atomic mass is 19.1. The van der Waals surface area contributed by atoms with E-state index in [0.717, 1.165) is 45.1 Å². The molecule has 2 heterocycles. The lowest BCUT2D eigenvalue weighted by atomic mass is 9.96. The molecule has 0 saturated carbocycles. The van der Waals surface area contributed by atoms with Gasteiger partial charge in [0.1, 0.15) is 23.9 Å². The van der Waals surface area contributed by atoms with Gasteiger partial charge in [0.15, 0.2) is 5.82 Å². The molecule has 7 nitrogen and oxygen atoms in total. The molecular formula is C40H39FN4O3. The van der Waals surface area contributed by atoms with Crippen molar-refractivity contribution in [2.24, 2.45) is 5.10 Å². The molecule has 0 unspecified atom stereocenters. The van der Waals surface area contributed by atoms with Crippen LogP contribution in [0.25, 0.3) is 28.0 Å². The summed E-state index contributed by atoms with van der Waals surface area (Å²) in [6, 6.07) is 27.8. The van der Waals surface area contributed by atoms with Gasteiger partial charge in [0.25, 0.3) is 5.56 Å². The third kappa shape index (κ3) is 6.38. The molecule has 0 bridgehead atoms. The maximum atomic E-state index is 14.0. The summed E-state index contributed by atoms with van der Waals surface area (Å²) >= 11 is 0. The van der Waals surface area contributed by atoms with E-state index in [9.17, 15) is 9.18 Å². The minimum absolute atomic E-state index is 0.147. The smallest absolute Gasteiger partial charge is 0.282 e. The number of aryl methyl sites for hydroxylation is 2. The van der Waals surface area contributed by atoms with Crippen LogP contribution in [0.1, 0.15) is 60.3 Å². The average Bonchev–Trinajstić information content (AvgIpc) is 3.36. The Morgan fingerprint density at radius 1 is 0.917 bits per heavy atom. The Bertz CT molecular complexity index is 2200. The van der Waals surface area contributed by atoms with Crippen LogP contribution in [-0.2, 0) is 6.61 Å². The molecule has 244 valence electrons. The molecule has 0 fully saturated rings. The SMILES string of the molecule is CCOc1cc(C)c(-c2nc3ccccc3c(=O)n2N=Cc2cc(C)n(-c3ccc(OCc4ccccc4F)cc3)c2C)cc1C(C)C. The maximum absolute atomic E-state index is 14.0. The lowest BCUT2D eigenvalue weighted by molar-refractivity contribution is 0.300. The summed E-state index contributed by atoms with van der Waals surface area (Å²) in [5, 5.41) is 5.28. The van der Waals surface area contributed by atoms with Crippen molar-refractivity contribution in [1.82, 2.24) is 14.2 Å². The fraction of sp³-hybridized carbons (Fsp3) is 0.225. The molecule has 0 amide bonds. The number of hydrogen-bond acceptors (Lipinski definition) is 5. The van der Waals surface area contributed by atoms with E-state index in [1.165, 1.54) is 10.7 Å². The highest BCUT2D eigenvalue weighted by Crippen LogP contribution is 2.34. The van der Waals surface area contributed by atoms with Crippen LogP contribution in [0.2, 0.25) is 0 Å². The Morgan fingerprint density at radius 2 is 1.65 bits per heavy atom. The van der Waals surface area contributed by atoms with Crippen molar-refractivity contribution < 1.29 is 13.9 Å². The van der Waals surface area contributed by atoms with E-state index in [4.69, 9.17) is 19.6 Å². The van der Waals surface area contributed by atoms with Gasteiger partial charge in [-0.1, -0.05) is 44.2 Å². The zero-order chi connectivity index (χ0) is 33.9. The van der Waals surface area contributed by atoms with Crippen LogP contribution in [-0.4, -0.2) is 27.0 Å². The molecule has 0 N–H and O–H groups in total. The summed E-state index contributed by atoms with van der Waals surface area (Å²) < 4.78 is 29.3. The highest BCUT2D eigenvalue weighted by Gasteiger charge is 2.19. The minimum atomic E-state index is -0.286. The Kier molecular flexibility index (Phi) is 9.26. The number of para-hydroxylation sites is 1. The summed E-state index contributed by atoms with van der Waals surface area (Å²) in [5.74, 6) is 1.87. The van der Waals surface area contributed by atoms with Gasteiger partial charge in [-0.2, -0.15) is 9.78 Å². The van der Waals surface area contributed by atoms with Crippen LogP contribution < -0.4 is 15.0 Å². The lowest BCUT2D eigenvalue weighted by Gasteiger charge is -2.18. The predicted molar refractivity (Wildman–Crippen MR) is 190 cm³/mol. The first-order valence-electron chi connectivity index (χ1n) is 16.2. The Labute approximate surface area is 279 Å². The molecule has 48 heavy (non-hydrogen) atoms. The molecule has 0 aliphatic rings. The zero-order valence-corrected chi connectivity index (χ0v) is 28.1. The molecule has 0 aliphatic heterocycles. The van der Waals surface area contributed by atoms with Gasteiger partial charge in [0, 0.05) is 33.8 Å². The molecule has 6 rings (SSSR count). The monoisotopic (exact) mass is 642 g/mol. The van der Waals surface area contributed by atoms with Crippen LogP contribution in [0.15, 0.2) is 101 Å². The number of aromatic nitrogens is 3. The van der Waals surface area contributed by atoms with Gasteiger partial charge < -0.3 is 14.0 Å². The topological polar surface area (TPSA) is 70.6 Å². The molecule has 6 aromatic rings. The molecular weight excluding hydrogens is 603 g/mol. The molecule has 4 aromatic carbocycles. The Morgan fingerprint density at radius 3 is 2.38 bits per heavy atom. The van der Waals surface area contributed by atoms with Crippen molar-refractivity contribution in [3.8, 4) is 28.6 Å². The van der Waals surface area contributed by atoms with Crippen molar-refractivity contribution >= 4 is 17.1 Å². The largest absolute Gasteiger partial charge is 0.494 e. The van der Waals surface area contributed by atoms with Crippen LogP contribution in [0.4, 0.5) is 4.39 Å². The third-order valence-electron chi connectivity index (χ3n) is 8.50. The van der Waals surface area contributed by atoms with Crippen molar-refractivity contribution in [2.45, 2.75) is 54.1 Å². The normalized spacial score (nSPS) is 11.6. The van der Waals surface area contributed by atoms with Crippen LogP contribution in [0.3, 0.4) is 0 Å². The van der Waals surface area contributed by atoms with Gasteiger partial charge in [0.05, 0.1) is 23.7 Å². The standard InChI is InChI=1S/C40H39FN4O3/c1-7-47-38-20-26(4)35(22-34(38)25(2)3)39-43-37-15-11-9-13-33(37)40(46)45(39)42-23-30-21-27(5)44(28(30)6)31-16-18-32(19-17-31)48-24-29-12-8-10-14-36(29)41/h8-23,25H,7,24H2,1-6H3. The summed E-state index contributed by atoms with van der Waals surface area (Å²) in [7, 11) is 0. The zero-order valence-electron chi connectivity index (χ0n) is 28.1. The minimum Gasteiger partial charge on any atom is -0.494 e. The van der Waals surface area contributed by atoms with Gasteiger partial charge in [-0.05, 0) is 105 Å². The maximum Gasteiger partial charge on any atom is 0.282 e. The summed E-state index contributed by atoms with van der Waals surface area (Å²) in [6.45, 7) is 13.0. The molecule has 0 saturated heterocycles. The summed E-state index contributed by atoms with van der Waals surface area (Å²) in [6.07, 6.45) is 1.72. The van der Waals surface area contributed by atoms with Crippen molar-refractivity contribution in [1.29, 1.82) is 0 Å². The first-order chi connectivity index (χ1) is 23.2. The highest BCUT2D eigenvalue weighted by molar-refractivity contribution is 5.84. The van der Waals surface area contributed by atoms with Gasteiger partial charge in [0.2, 0.25) is 0 Å². The number of benzene rings is 4. The average molecular weight is 643 g/mol. The van der Waals surface area contributed by atoms with Gasteiger partial charge >= 0.3 is 0 Å². The second-order valence-corrected chi connectivity index (χ2v) is 12.1. The fourth-order valence-electron chi connectivity index (χ4n) is 5.98. The second kappa shape index (κ2) is 13.7. The number of halogens is 1. The van der Waals surface area contributed by atoms with Gasteiger partial charge in [-0.3, -0.25) is 4.79 Å². The number of rotatable bonds is 10. The van der Waals surface area contributed by atoms with E-state index < -0.39 is 0 Å². The summed E-state index contributed by atoms with van der Waals surface area (Å²) in [4.78, 5) is 18.9. The predicted octanol–water partition coefficient (Wildman–Crippen LogP) is 8.90. The lowest BCUT2D eigenvalue weighted by Crippen LogP contribution is -2.21. The van der Waals surface area contributed by atoms with Gasteiger partial charge in [-0.15, -0.1) is 0 Å². The molecule has 0 spiro atoms. The van der Waals surface area contributed by atoms with E-state index in [0.29, 0.717) is 34.6 Å². The molecule has 0 atom stereocenters. The van der Waals surface area contributed by atoms with Crippen LogP contribution in [0, 0.1) is 26.6 Å². The quantitative estimate of drug-likeness (QED) is 0.140. The molecule has 0 aliphatic carbocycles. The Hall–Kier alpha value is -5.50. The first-order valence-corrected chi connectivity index (χ1v) is 16.2. The number of ether oxygens (including phenoxy) is 2. The number of fused-ring (bicyclic) bond motifs is 1. The Balaban J connectivity index is 1.37. The second-order valence-electron chi connectivity index (χ2n) is 12.1. The van der Waals surface area contributed by atoms with E-state index in [-0.39, 0.29) is 23.9 Å². The van der Waals surface area contributed by atoms with Crippen LogP contribution in [0.5, 0.6) is 11.5 Å². The van der Waals surface area contributed by atoms with E-state index in [2.05, 4.69) is 24.5 Å². The first kappa shape index (κ1) is 32.4. The van der Waals surface area contributed by atoms with Crippen LogP contribution >= 0.6 is 0 Å². The third-order valence-corrected chi connectivity index (χ3v) is 8.50. The van der Waals surface area contributed by atoms with E-state index in [1.54, 1.807) is 30.5 Å². The molecule has 2 aromatic heterocycles. The van der Waals surface area contributed by atoms with Gasteiger partial charge in [-0.25, -0.2) is 9.37 Å². The molecule has 8 heteroatoms. The van der Waals surface area contributed by atoms with E-state index >= 15 is 0 Å².